The van der Waals surface area contributed by atoms with E-state index in [-0.39, 0.29) is 0 Å². The summed E-state index contributed by atoms with van der Waals surface area (Å²) in [4.78, 5) is 11.0. The fourth-order valence-electron chi connectivity index (χ4n) is 2.29. The molecule has 0 bridgehead atoms. The van der Waals surface area contributed by atoms with Crippen LogP contribution >= 0.6 is 0 Å². The van der Waals surface area contributed by atoms with Crippen LogP contribution in [0.3, 0.4) is 0 Å². The van der Waals surface area contributed by atoms with Gasteiger partial charge < -0.3 is 20.1 Å². The predicted molar refractivity (Wildman–Crippen MR) is 91.1 cm³/mol. The summed E-state index contributed by atoms with van der Waals surface area (Å²) in [5.74, 6) is 1.54. The summed E-state index contributed by atoms with van der Waals surface area (Å²) in [6.07, 6.45) is 0.667. The van der Waals surface area contributed by atoms with Crippen molar-refractivity contribution in [1.29, 1.82) is 0 Å². The molecule has 1 amide bonds. The molecule has 23 heavy (non-hydrogen) atoms. The number of rotatable bonds is 7. The van der Waals surface area contributed by atoms with Crippen LogP contribution in [0.4, 0.5) is 0 Å². The number of methoxy groups -OCH3 is 2. The number of ether oxygens (including phenoxy) is 2. The minimum atomic E-state index is 0.667. The SMILES string of the molecule is CN/C(=C(\NC=O)c1ccc(OC)cc1)c1ccc(OC)cc1. The molecule has 5 heteroatoms. The molecule has 0 aromatic heterocycles. The predicted octanol–water partition coefficient (Wildman–Crippen LogP) is 2.50. The molecule has 2 N–H and O–H groups in total. The van der Waals surface area contributed by atoms with Crippen LogP contribution in [0.1, 0.15) is 11.1 Å². The fourth-order valence-corrected chi connectivity index (χ4v) is 2.29. The average Bonchev–Trinajstić information content (AvgIpc) is 2.62. The van der Waals surface area contributed by atoms with Crippen LogP contribution in [0.5, 0.6) is 11.5 Å². The Balaban J connectivity index is 2.50. The van der Waals surface area contributed by atoms with E-state index in [0.29, 0.717) is 12.1 Å². The highest BCUT2D eigenvalue weighted by molar-refractivity contribution is 5.92. The van der Waals surface area contributed by atoms with Crippen molar-refractivity contribution in [3.8, 4) is 11.5 Å². The van der Waals surface area contributed by atoms with Gasteiger partial charge in [0.05, 0.1) is 25.6 Å². The quantitative estimate of drug-likeness (QED) is 0.609. The Kier molecular flexibility index (Phi) is 5.63. The zero-order chi connectivity index (χ0) is 16.7. The van der Waals surface area contributed by atoms with Gasteiger partial charge in [-0.25, -0.2) is 0 Å². The standard InChI is InChI=1S/C18H20N2O3/c1-19-17(13-4-8-15(22-2)9-5-13)18(20-12-21)14-6-10-16(23-3)11-7-14/h4-12,19H,1-3H3,(H,20,21)/b18-17-. The Labute approximate surface area is 135 Å². The number of amides is 1. The van der Waals surface area contributed by atoms with Crippen molar-refractivity contribution in [2.75, 3.05) is 21.3 Å². The maximum absolute atomic E-state index is 11.0. The highest BCUT2D eigenvalue weighted by Crippen LogP contribution is 2.25. The number of nitrogens with one attached hydrogen (secondary N) is 2. The third kappa shape index (κ3) is 3.83. The van der Waals surface area contributed by atoms with Crippen molar-refractivity contribution in [2.24, 2.45) is 0 Å². The van der Waals surface area contributed by atoms with Gasteiger partial charge in [-0.15, -0.1) is 0 Å². The van der Waals surface area contributed by atoms with E-state index in [2.05, 4.69) is 10.6 Å². The van der Waals surface area contributed by atoms with Crippen LogP contribution in [-0.2, 0) is 4.79 Å². The number of benzene rings is 2. The normalized spacial score (nSPS) is 11.3. The first kappa shape index (κ1) is 16.4. The summed E-state index contributed by atoms with van der Waals surface area (Å²) >= 11 is 0. The Morgan fingerprint density at radius 2 is 1.26 bits per heavy atom. The lowest BCUT2D eigenvalue weighted by Crippen LogP contribution is -2.17. The van der Waals surface area contributed by atoms with Crippen LogP contribution in [-0.4, -0.2) is 27.7 Å². The largest absolute Gasteiger partial charge is 0.497 e. The van der Waals surface area contributed by atoms with Crippen LogP contribution in [0, 0.1) is 0 Å². The molecule has 0 radical (unpaired) electrons. The van der Waals surface area contributed by atoms with Gasteiger partial charge in [0.2, 0.25) is 6.41 Å². The van der Waals surface area contributed by atoms with E-state index in [4.69, 9.17) is 9.47 Å². The maximum Gasteiger partial charge on any atom is 0.211 e. The van der Waals surface area contributed by atoms with Crippen molar-refractivity contribution >= 4 is 17.8 Å². The summed E-state index contributed by atoms with van der Waals surface area (Å²) in [5, 5.41) is 5.93. The van der Waals surface area contributed by atoms with Crippen molar-refractivity contribution in [1.82, 2.24) is 10.6 Å². The summed E-state index contributed by atoms with van der Waals surface area (Å²) in [6.45, 7) is 0. The van der Waals surface area contributed by atoms with E-state index in [9.17, 15) is 4.79 Å². The van der Waals surface area contributed by atoms with Gasteiger partial charge in [-0.3, -0.25) is 4.79 Å². The minimum Gasteiger partial charge on any atom is -0.497 e. The van der Waals surface area contributed by atoms with Gasteiger partial charge in [-0.05, 0) is 54.1 Å². The van der Waals surface area contributed by atoms with Crippen molar-refractivity contribution in [3.63, 3.8) is 0 Å². The van der Waals surface area contributed by atoms with E-state index in [1.165, 1.54) is 0 Å². The van der Waals surface area contributed by atoms with Crippen molar-refractivity contribution in [3.05, 3.63) is 59.7 Å². The molecule has 2 aromatic carbocycles. The Morgan fingerprint density at radius 1 is 0.826 bits per heavy atom. The molecule has 0 unspecified atom stereocenters. The second-order valence-electron chi connectivity index (χ2n) is 4.72. The van der Waals surface area contributed by atoms with Gasteiger partial charge >= 0.3 is 0 Å². The van der Waals surface area contributed by atoms with Crippen LogP contribution < -0.4 is 20.1 Å². The molecular formula is C18H20N2O3. The van der Waals surface area contributed by atoms with Crippen molar-refractivity contribution < 1.29 is 14.3 Å². The smallest absolute Gasteiger partial charge is 0.211 e. The van der Waals surface area contributed by atoms with Gasteiger partial charge in [-0.2, -0.15) is 0 Å². The summed E-state index contributed by atoms with van der Waals surface area (Å²) in [5.41, 5.74) is 3.31. The lowest BCUT2D eigenvalue weighted by atomic mass is 10.0. The van der Waals surface area contributed by atoms with Gasteiger partial charge in [0, 0.05) is 12.6 Å². The number of carbonyl (C=O) groups is 1. The third-order valence-electron chi connectivity index (χ3n) is 3.46. The molecule has 0 aliphatic carbocycles. The summed E-state index contributed by atoms with van der Waals surface area (Å²) < 4.78 is 10.3. The molecular weight excluding hydrogens is 292 g/mol. The lowest BCUT2D eigenvalue weighted by molar-refractivity contribution is -0.108. The molecule has 0 saturated carbocycles. The Bertz CT molecular complexity index is 676. The summed E-state index contributed by atoms with van der Waals surface area (Å²) in [6, 6.07) is 15.1. The highest BCUT2D eigenvalue weighted by atomic mass is 16.5. The number of carbonyl (C=O) groups excluding carboxylic acids is 1. The molecule has 2 aromatic rings. The Morgan fingerprint density at radius 3 is 1.61 bits per heavy atom. The molecule has 0 spiro atoms. The third-order valence-corrected chi connectivity index (χ3v) is 3.46. The molecule has 0 aliphatic rings. The molecule has 2 rings (SSSR count). The first-order chi connectivity index (χ1) is 11.2. The van der Waals surface area contributed by atoms with Crippen LogP contribution in [0.2, 0.25) is 0 Å². The number of hydrogen-bond acceptors (Lipinski definition) is 4. The zero-order valence-electron chi connectivity index (χ0n) is 13.4. The molecule has 0 saturated heterocycles. The molecule has 5 nitrogen and oxygen atoms in total. The highest BCUT2D eigenvalue weighted by Gasteiger charge is 2.11. The van der Waals surface area contributed by atoms with Crippen LogP contribution in [0.15, 0.2) is 48.5 Å². The van der Waals surface area contributed by atoms with Gasteiger partial charge in [0.1, 0.15) is 11.5 Å². The molecule has 0 heterocycles. The van der Waals surface area contributed by atoms with E-state index in [0.717, 1.165) is 28.3 Å². The zero-order valence-corrected chi connectivity index (χ0v) is 13.4. The second-order valence-corrected chi connectivity index (χ2v) is 4.72. The van der Waals surface area contributed by atoms with Gasteiger partial charge in [0.25, 0.3) is 0 Å². The lowest BCUT2D eigenvalue weighted by Gasteiger charge is -2.16. The second kappa shape index (κ2) is 7.89. The topological polar surface area (TPSA) is 59.6 Å². The summed E-state index contributed by atoms with van der Waals surface area (Å²) in [7, 11) is 5.06. The monoisotopic (exact) mass is 312 g/mol. The molecule has 120 valence electrons. The molecule has 0 atom stereocenters. The van der Waals surface area contributed by atoms with Gasteiger partial charge in [0.15, 0.2) is 0 Å². The first-order valence-corrected chi connectivity index (χ1v) is 7.14. The van der Waals surface area contributed by atoms with E-state index < -0.39 is 0 Å². The fraction of sp³-hybridized carbons (Fsp3) is 0.167. The van der Waals surface area contributed by atoms with Crippen LogP contribution in [0.25, 0.3) is 11.4 Å². The first-order valence-electron chi connectivity index (χ1n) is 7.14. The van der Waals surface area contributed by atoms with Crippen molar-refractivity contribution in [2.45, 2.75) is 0 Å². The van der Waals surface area contributed by atoms with E-state index >= 15 is 0 Å². The maximum atomic E-state index is 11.0. The number of hydrogen-bond donors (Lipinski definition) is 2. The molecule has 0 fully saturated rings. The minimum absolute atomic E-state index is 0.667. The van der Waals surface area contributed by atoms with E-state index in [1.807, 2.05) is 55.6 Å². The van der Waals surface area contributed by atoms with Gasteiger partial charge in [-0.1, -0.05) is 0 Å². The van der Waals surface area contributed by atoms with E-state index in [1.54, 1.807) is 14.2 Å². The average molecular weight is 312 g/mol. The Hall–Kier alpha value is -2.95. The molecule has 0 aliphatic heterocycles.